The van der Waals surface area contributed by atoms with Gasteiger partial charge in [0.2, 0.25) is 0 Å². The summed E-state index contributed by atoms with van der Waals surface area (Å²) in [5.74, 6) is 1.44. The van der Waals surface area contributed by atoms with Crippen LogP contribution in [0.4, 0.5) is 0 Å². The van der Waals surface area contributed by atoms with Crippen LogP contribution < -0.4 is 0 Å². The Hall–Kier alpha value is -0.560. The van der Waals surface area contributed by atoms with E-state index in [1.54, 1.807) is 11.6 Å². The van der Waals surface area contributed by atoms with Gasteiger partial charge in [0.05, 0.1) is 5.60 Å². The Morgan fingerprint density at radius 3 is 2.67 bits per heavy atom. The number of hydrogen-bond donors (Lipinski definition) is 1. The quantitative estimate of drug-likeness (QED) is 0.678. The first-order chi connectivity index (χ1) is 9.62. The molecule has 0 unspecified atom stereocenters. The van der Waals surface area contributed by atoms with E-state index in [2.05, 4.69) is 40.3 Å². The second kappa shape index (κ2) is 5.57. The van der Waals surface area contributed by atoms with Crippen LogP contribution in [0.15, 0.2) is 24.3 Å². The van der Waals surface area contributed by atoms with Gasteiger partial charge in [-0.25, -0.2) is 0 Å². The molecule has 0 bridgehead atoms. The molecule has 0 radical (unpaired) electrons. The standard InChI is InChI=1S/C20H34O/c1-7-19(5,21)13-14-20(6)15(2)10-11-16-17(20)9-8-12-18(16,3)4/h7,9,15-16,21H,1,8,10-14H2,2-6H3/t15-,16+,19+,20+/m0/s1. The van der Waals surface area contributed by atoms with Crippen LogP contribution in [0.2, 0.25) is 0 Å². The summed E-state index contributed by atoms with van der Waals surface area (Å²) >= 11 is 0. The van der Waals surface area contributed by atoms with Gasteiger partial charge in [-0.3, -0.25) is 0 Å². The SMILES string of the molecule is C=C[C@@](C)(O)CC[C@@]1(C)C2=CCCC(C)(C)[C@@H]2CC[C@@H]1C. The zero-order valence-electron chi connectivity index (χ0n) is 14.7. The second-order valence-corrected chi connectivity index (χ2v) is 8.70. The maximum atomic E-state index is 10.3. The van der Waals surface area contributed by atoms with E-state index < -0.39 is 5.60 Å². The zero-order valence-corrected chi connectivity index (χ0v) is 14.7. The molecule has 0 saturated heterocycles. The molecule has 21 heavy (non-hydrogen) atoms. The topological polar surface area (TPSA) is 20.2 Å². The molecule has 1 nitrogen and oxygen atoms in total. The number of fused-ring (bicyclic) bond motifs is 1. The summed E-state index contributed by atoms with van der Waals surface area (Å²) in [4.78, 5) is 0. The second-order valence-electron chi connectivity index (χ2n) is 8.70. The molecule has 2 rings (SSSR count). The molecule has 0 aliphatic heterocycles. The Morgan fingerprint density at radius 2 is 2.05 bits per heavy atom. The van der Waals surface area contributed by atoms with Crippen LogP contribution in [0, 0.1) is 22.7 Å². The van der Waals surface area contributed by atoms with Gasteiger partial charge in [-0.15, -0.1) is 6.58 Å². The molecule has 4 atom stereocenters. The number of hydrogen-bond acceptors (Lipinski definition) is 1. The molecule has 0 aromatic carbocycles. The Labute approximate surface area is 131 Å². The Bertz CT molecular complexity index is 429. The molecule has 1 N–H and O–H groups in total. The molecule has 2 aliphatic carbocycles. The third-order valence-corrected chi connectivity index (χ3v) is 6.70. The average molecular weight is 290 g/mol. The van der Waals surface area contributed by atoms with Gasteiger partial charge in [-0.1, -0.05) is 45.4 Å². The fraction of sp³-hybridized carbons (Fsp3) is 0.800. The largest absolute Gasteiger partial charge is 0.386 e. The molecule has 0 aromatic heterocycles. The third kappa shape index (κ3) is 3.13. The lowest BCUT2D eigenvalue weighted by atomic mass is 9.52. The molecule has 0 heterocycles. The molecule has 120 valence electrons. The van der Waals surface area contributed by atoms with Crippen LogP contribution in [-0.2, 0) is 0 Å². The smallest absolute Gasteiger partial charge is 0.0797 e. The van der Waals surface area contributed by atoms with Crippen LogP contribution in [-0.4, -0.2) is 10.7 Å². The Kier molecular flexibility index (Phi) is 4.46. The molecule has 1 heteroatoms. The minimum absolute atomic E-state index is 0.244. The van der Waals surface area contributed by atoms with Crippen molar-refractivity contribution in [2.45, 2.75) is 78.7 Å². The molecular formula is C20H34O. The number of aliphatic hydroxyl groups is 1. The van der Waals surface area contributed by atoms with Gasteiger partial charge in [0, 0.05) is 0 Å². The van der Waals surface area contributed by atoms with E-state index in [1.165, 1.54) is 25.7 Å². The van der Waals surface area contributed by atoms with E-state index in [-0.39, 0.29) is 5.41 Å². The van der Waals surface area contributed by atoms with Gasteiger partial charge in [-0.05, 0) is 68.1 Å². The van der Waals surface area contributed by atoms with E-state index in [1.807, 2.05) is 6.92 Å². The van der Waals surface area contributed by atoms with E-state index in [0.29, 0.717) is 11.3 Å². The predicted molar refractivity (Wildman–Crippen MR) is 91.1 cm³/mol. The van der Waals surface area contributed by atoms with Gasteiger partial charge in [0.1, 0.15) is 0 Å². The predicted octanol–water partition coefficient (Wildman–Crippen LogP) is 5.50. The summed E-state index contributed by atoms with van der Waals surface area (Å²) in [6.45, 7) is 15.4. The van der Waals surface area contributed by atoms with Crippen molar-refractivity contribution < 1.29 is 5.11 Å². The maximum Gasteiger partial charge on any atom is 0.0797 e. The lowest BCUT2D eigenvalue weighted by molar-refractivity contribution is 0.0466. The molecular weight excluding hydrogens is 256 g/mol. The molecule has 1 fully saturated rings. The van der Waals surface area contributed by atoms with Gasteiger partial charge in [-0.2, -0.15) is 0 Å². The third-order valence-electron chi connectivity index (χ3n) is 6.70. The van der Waals surface area contributed by atoms with Crippen molar-refractivity contribution in [2.24, 2.45) is 22.7 Å². The summed E-state index contributed by atoms with van der Waals surface area (Å²) in [6, 6.07) is 0. The van der Waals surface area contributed by atoms with Gasteiger partial charge < -0.3 is 5.11 Å². The molecule has 2 aliphatic rings. The van der Waals surface area contributed by atoms with Crippen molar-refractivity contribution in [3.8, 4) is 0 Å². The fourth-order valence-corrected chi connectivity index (χ4v) is 4.54. The number of rotatable bonds is 4. The van der Waals surface area contributed by atoms with Crippen molar-refractivity contribution in [1.29, 1.82) is 0 Å². The first-order valence-electron chi connectivity index (χ1n) is 8.69. The lowest BCUT2D eigenvalue weighted by Crippen LogP contribution is -2.43. The normalized spacial score (nSPS) is 38.1. The fourth-order valence-electron chi connectivity index (χ4n) is 4.54. The van der Waals surface area contributed by atoms with Crippen LogP contribution in [0.5, 0.6) is 0 Å². The summed E-state index contributed by atoms with van der Waals surface area (Å²) in [7, 11) is 0. The highest BCUT2D eigenvalue weighted by Crippen LogP contribution is 2.58. The zero-order chi connectivity index (χ0) is 15.9. The van der Waals surface area contributed by atoms with Crippen LogP contribution >= 0.6 is 0 Å². The van der Waals surface area contributed by atoms with Gasteiger partial charge >= 0.3 is 0 Å². The first kappa shape index (κ1) is 16.8. The minimum Gasteiger partial charge on any atom is -0.386 e. The molecule has 0 amide bonds. The van der Waals surface area contributed by atoms with Crippen molar-refractivity contribution >= 4 is 0 Å². The van der Waals surface area contributed by atoms with Crippen molar-refractivity contribution in [3.05, 3.63) is 24.3 Å². The molecule has 0 spiro atoms. The van der Waals surface area contributed by atoms with Crippen molar-refractivity contribution in [1.82, 2.24) is 0 Å². The van der Waals surface area contributed by atoms with Crippen molar-refractivity contribution in [2.75, 3.05) is 0 Å². The number of allylic oxidation sites excluding steroid dienone is 2. The van der Waals surface area contributed by atoms with Gasteiger partial charge in [0.25, 0.3) is 0 Å². The first-order valence-corrected chi connectivity index (χ1v) is 8.69. The lowest BCUT2D eigenvalue weighted by Gasteiger charge is -2.53. The van der Waals surface area contributed by atoms with Crippen molar-refractivity contribution in [3.63, 3.8) is 0 Å². The minimum atomic E-state index is -0.736. The van der Waals surface area contributed by atoms with E-state index in [0.717, 1.165) is 18.8 Å². The van der Waals surface area contributed by atoms with E-state index in [4.69, 9.17) is 0 Å². The highest BCUT2D eigenvalue weighted by atomic mass is 16.3. The summed E-state index contributed by atoms with van der Waals surface area (Å²) < 4.78 is 0. The van der Waals surface area contributed by atoms with Crippen LogP contribution in [0.25, 0.3) is 0 Å². The van der Waals surface area contributed by atoms with E-state index in [9.17, 15) is 5.11 Å². The highest BCUT2D eigenvalue weighted by molar-refractivity contribution is 5.26. The van der Waals surface area contributed by atoms with Gasteiger partial charge in [0.15, 0.2) is 0 Å². The summed E-state index contributed by atoms with van der Waals surface area (Å²) in [5.41, 5.74) is 1.64. The Morgan fingerprint density at radius 1 is 1.38 bits per heavy atom. The van der Waals surface area contributed by atoms with Crippen LogP contribution in [0.1, 0.15) is 73.1 Å². The summed E-state index contributed by atoms with van der Waals surface area (Å²) in [6.07, 6.45) is 11.3. The highest BCUT2D eigenvalue weighted by Gasteiger charge is 2.48. The maximum absolute atomic E-state index is 10.3. The van der Waals surface area contributed by atoms with Crippen LogP contribution in [0.3, 0.4) is 0 Å². The summed E-state index contributed by atoms with van der Waals surface area (Å²) in [5, 5.41) is 10.3. The average Bonchev–Trinajstić information content (AvgIpc) is 2.41. The molecule has 0 aromatic rings. The molecule has 1 saturated carbocycles. The monoisotopic (exact) mass is 290 g/mol. The van der Waals surface area contributed by atoms with E-state index >= 15 is 0 Å². The Balaban J connectivity index is 2.26.